The number of amides is 1. The number of nitrogens with one attached hydrogen (secondary N) is 2. The zero-order valence-corrected chi connectivity index (χ0v) is 25.9. The molecule has 0 aliphatic carbocycles. The third-order valence-corrected chi connectivity index (χ3v) is 8.82. The Morgan fingerprint density at radius 1 is 0.976 bits per heavy atom. The van der Waals surface area contributed by atoms with E-state index in [-0.39, 0.29) is 11.9 Å². The number of methoxy groups -OCH3 is 1. The van der Waals surface area contributed by atoms with Crippen molar-refractivity contribution in [2.75, 3.05) is 40.4 Å². The van der Waals surface area contributed by atoms with Crippen molar-refractivity contribution in [3.63, 3.8) is 0 Å². The quantitative estimate of drug-likeness (QED) is 0.289. The smallest absolute Gasteiger partial charge is 0.237 e. The molecule has 0 spiro atoms. The fourth-order valence-corrected chi connectivity index (χ4v) is 6.24. The van der Waals surface area contributed by atoms with Crippen molar-refractivity contribution in [3.8, 4) is 28.4 Å². The van der Waals surface area contributed by atoms with Crippen LogP contribution < -0.4 is 24.8 Å². The summed E-state index contributed by atoms with van der Waals surface area (Å²) in [6.07, 6.45) is 3.22. The van der Waals surface area contributed by atoms with Gasteiger partial charge >= 0.3 is 0 Å². The average molecular weight is 592 g/mol. The van der Waals surface area contributed by atoms with Gasteiger partial charge in [-0.1, -0.05) is 41.9 Å². The zero-order chi connectivity index (χ0) is 29.6. The summed E-state index contributed by atoms with van der Waals surface area (Å²) >= 11 is 6.64. The lowest BCUT2D eigenvalue weighted by Crippen LogP contribution is -2.35. The van der Waals surface area contributed by atoms with Crippen LogP contribution in [0, 0.1) is 19.8 Å². The highest BCUT2D eigenvalue weighted by Gasteiger charge is 2.24. The lowest BCUT2D eigenvalue weighted by molar-refractivity contribution is -0.120. The molecule has 2 fully saturated rings. The van der Waals surface area contributed by atoms with E-state index in [0.717, 1.165) is 53.1 Å². The number of carbonyl (C=O) groups excluding carboxylic acids is 1. The molecule has 42 heavy (non-hydrogen) atoms. The summed E-state index contributed by atoms with van der Waals surface area (Å²) in [6.45, 7) is 8.82. The molecule has 3 aromatic rings. The lowest BCUT2D eigenvalue weighted by atomic mass is 9.93. The van der Waals surface area contributed by atoms with Crippen LogP contribution in [0.15, 0.2) is 48.5 Å². The van der Waals surface area contributed by atoms with Gasteiger partial charge in [0.05, 0.1) is 24.8 Å². The normalized spacial score (nSPS) is 19.0. The highest BCUT2D eigenvalue weighted by atomic mass is 35.5. The topological polar surface area (TPSA) is 72.1 Å². The molecule has 0 aromatic heterocycles. The summed E-state index contributed by atoms with van der Waals surface area (Å²) < 4.78 is 18.2. The van der Waals surface area contributed by atoms with E-state index < -0.39 is 0 Å². The first-order valence-corrected chi connectivity index (χ1v) is 15.2. The third-order valence-electron chi connectivity index (χ3n) is 8.52. The first-order chi connectivity index (χ1) is 20.3. The summed E-state index contributed by atoms with van der Waals surface area (Å²) in [7, 11) is 3.81. The van der Waals surface area contributed by atoms with Crippen LogP contribution in [-0.2, 0) is 17.9 Å². The molecular formula is C34H42ClN3O4. The molecule has 0 bridgehead atoms. The summed E-state index contributed by atoms with van der Waals surface area (Å²) in [5.41, 5.74) is 6.59. The summed E-state index contributed by atoms with van der Waals surface area (Å²) in [5, 5.41) is 6.64. The number of benzene rings is 3. The number of likely N-dealkylation sites (tertiary alicyclic amines) is 1. The Morgan fingerprint density at radius 2 is 1.76 bits per heavy atom. The number of halogens is 1. The maximum atomic E-state index is 11.9. The second-order valence-corrected chi connectivity index (χ2v) is 11.9. The van der Waals surface area contributed by atoms with E-state index >= 15 is 0 Å². The predicted molar refractivity (Wildman–Crippen MR) is 168 cm³/mol. The number of rotatable bonds is 11. The number of hydrogen-bond donors (Lipinski definition) is 2. The third kappa shape index (κ3) is 7.02. The minimum atomic E-state index is -0.200. The number of piperidine rings is 1. The van der Waals surface area contributed by atoms with Crippen LogP contribution in [0.5, 0.6) is 17.2 Å². The molecule has 7 nitrogen and oxygen atoms in total. The molecule has 3 aromatic carbocycles. The largest absolute Gasteiger partial charge is 0.496 e. The van der Waals surface area contributed by atoms with Gasteiger partial charge in [-0.3, -0.25) is 4.79 Å². The minimum absolute atomic E-state index is 0.0274. The molecule has 0 saturated carbocycles. The monoisotopic (exact) mass is 591 g/mol. The summed E-state index contributed by atoms with van der Waals surface area (Å²) in [6, 6.07) is 16.1. The summed E-state index contributed by atoms with van der Waals surface area (Å²) in [4.78, 5) is 14.3. The molecule has 2 atom stereocenters. The van der Waals surface area contributed by atoms with Gasteiger partial charge in [0.1, 0.15) is 23.9 Å². The highest BCUT2D eigenvalue weighted by Crippen LogP contribution is 2.36. The number of ether oxygens (including phenoxy) is 3. The first-order valence-electron chi connectivity index (χ1n) is 14.8. The van der Waals surface area contributed by atoms with Crippen LogP contribution in [0.1, 0.15) is 41.5 Å². The van der Waals surface area contributed by atoms with E-state index in [1.54, 1.807) is 7.11 Å². The molecule has 2 aliphatic heterocycles. The predicted octanol–water partition coefficient (Wildman–Crippen LogP) is 5.91. The van der Waals surface area contributed by atoms with Crippen molar-refractivity contribution in [3.05, 3.63) is 75.8 Å². The number of carbonyl (C=O) groups is 1. The van der Waals surface area contributed by atoms with Crippen LogP contribution in [0.3, 0.4) is 0 Å². The van der Waals surface area contributed by atoms with Gasteiger partial charge in [-0.05, 0) is 86.7 Å². The Hall–Kier alpha value is -3.26. The van der Waals surface area contributed by atoms with E-state index in [2.05, 4.69) is 72.8 Å². The van der Waals surface area contributed by atoms with Gasteiger partial charge < -0.3 is 29.7 Å². The number of nitrogens with zero attached hydrogens (tertiary/aromatic N) is 1. The van der Waals surface area contributed by atoms with Crippen molar-refractivity contribution in [1.29, 1.82) is 0 Å². The maximum absolute atomic E-state index is 11.9. The number of hydrogen-bond acceptors (Lipinski definition) is 6. The highest BCUT2D eigenvalue weighted by molar-refractivity contribution is 6.32. The fraction of sp³-hybridized carbons (Fsp3) is 0.441. The minimum Gasteiger partial charge on any atom is -0.496 e. The molecule has 5 rings (SSSR count). The maximum Gasteiger partial charge on any atom is 0.237 e. The molecule has 0 radical (unpaired) electrons. The summed E-state index contributed by atoms with van der Waals surface area (Å²) in [5.74, 6) is 2.76. The van der Waals surface area contributed by atoms with Crippen molar-refractivity contribution >= 4 is 17.5 Å². The molecule has 2 aliphatic rings. The van der Waals surface area contributed by atoms with Gasteiger partial charge in [0.15, 0.2) is 0 Å². The molecule has 2 saturated heterocycles. The van der Waals surface area contributed by atoms with Gasteiger partial charge in [-0.15, -0.1) is 0 Å². The van der Waals surface area contributed by atoms with Crippen LogP contribution in [0.25, 0.3) is 11.1 Å². The fourth-order valence-electron chi connectivity index (χ4n) is 6.00. The van der Waals surface area contributed by atoms with E-state index in [1.165, 1.54) is 24.9 Å². The van der Waals surface area contributed by atoms with E-state index in [0.29, 0.717) is 42.1 Å². The van der Waals surface area contributed by atoms with Gasteiger partial charge in [-0.25, -0.2) is 0 Å². The zero-order valence-electron chi connectivity index (χ0n) is 25.1. The molecule has 8 heteroatoms. The van der Waals surface area contributed by atoms with Crippen LogP contribution in [0.2, 0.25) is 5.02 Å². The van der Waals surface area contributed by atoms with Gasteiger partial charge in [0.25, 0.3) is 0 Å². The second kappa shape index (κ2) is 13.8. The first kappa shape index (κ1) is 30.2. The van der Waals surface area contributed by atoms with Crippen molar-refractivity contribution in [2.24, 2.45) is 5.92 Å². The standard InChI is InChI=1S/C34H42ClN3O4/c1-22-25(21-42-33-17-32(40-4)26(16-29(33)35)18-37-30-13-14-36-34(30)39)9-5-10-27(22)28-11-6-12-31(23(28)2)41-20-24-8-7-15-38(3)19-24/h5-6,9-12,16-17,24,30,37H,7-8,13-15,18-21H2,1-4H3,(H,36,39). The molecule has 2 heterocycles. The average Bonchev–Trinajstić information content (AvgIpc) is 3.40. The van der Waals surface area contributed by atoms with Crippen LogP contribution in [0.4, 0.5) is 0 Å². The Labute approximate surface area is 254 Å². The molecule has 1 amide bonds. The lowest BCUT2D eigenvalue weighted by Gasteiger charge is -2.29. The van der Waals surface area contributed by atoms with Crippen LogP contribution in [-0.4, -0.2) is 57.2 Å². The molecule has 224 valence electrons. The Morgan fingerprint density at radius 3 is 2.50 bits per heavy atom. The molecular weight excluding hydrogens is 550 g/mol. The van der Waals surface area contributed by atoms with Gasteiger partial charge in [-0.2, -0.15) is 0 Å². The van der Waals surface area contributed by atoms with E-state index in [9.17, 15) is 4.79 Å². The van der Waals surface area contributed by atoms with E-state index in [4.69, 9.17) is 25.8 Å². The second-order valence-electron chi connectivity index (χ2n) is 11.5. The van der Waals surface area contributed by atoms with Crippen LogP contribution >= 0.6 is 11.6 Å². The Balaban J connectivity index is 1.27. The van der Waals surface area contributed by atoms with E-state index in [1.807, 2.05) is 12.1 Å². The SMILES string of the molecule is COc1cc(OCc2cccc(-c3cccc(OCC4CCCN(C)C4)c3C)c2C)c(Cl)cc1CNC1CCNC1=O. The molecule has 2 N–H and O–H groups in total. The van der Waals surface area contributed by atoms with Gasteiger partial charge in [0, 0.05) is 37.2 Å². The van der Waals surface area contributed by atoms with Crippen molar-refractivity contribution in [1.82, 2.24) is 15.5 Å². The Kier molecular flexibility index (Phi) is 9.93. The molecule has 2 unspecified atom stereocenters. The van der Waals surface area contributed by atoms with Crippen molar-refractivity contribution in [2.45, 2.75) is 52.3 Å². The van der Waals surface area contributed by atoms with Gasteiger partial charge in [0.2, 0.25) is 5.91 Å². The van der Waals surface area contributed by atoms with Crippen molar-refractivity contribution < 1.29 is 19.0 Å². The Bertz CT molecular complexity index is 1410.